The van der Waals surface area contributed by atoms with Crippen LogP contribution in [-0.2, 0) is 0 Å². The molecule has 4 heteroatoms. The van der Waals surface area contributed by atoms with Crippen LogP contribution in [0.5, 0.6) is 0 Å². The van der Waals surface area contributed by atoms with Crippen LogP contribution < -0.4 is 10.6 Å². The van der Waals surface area contributed by atoms with Crippen molar-refractivity contribution in [3.63, 3.8) is 0 Å². The molecule has 0 aliphatic heterocycles. The highest BCUT2D eigenvalue weighted by Crippen LogP contribution is 2.37. The molecule has 2 atom stereocenters. The van der Waals surface area contributed by atoms with E-state index in [4.69, 9.17) is 0 Å². The van der Waals surface area contributed by atoms with Gasteiger partial charge in [0.15, 0.2) is 0 Å². The molecule has 0 spiro atoms. The van der Waals surface area contributed by atoms with Gasteiger partial charge in [-0.1, -0.05) is 20.3 Å². The summed E-state index contributed by atoms with van der Waals surface area (Å²) in [6.07, 6.45) is 4.99. The van der Waals surface area contributed by atoms with Crippen molar-refractivity contribution in [2.24, 2.45) is 5.92 Å². The summed E-state index contributed by atoms with van der Waals surface area (Å²) in [6, 6.07) is 2.64. The minimum atomic E-state index is 0.623. The Labute approximate surface area is 110 Å². The molecule has 1 heterocycles. The van der Waals surface area contributed by atoms with Crippen LogP contribution in [0.25, 0.3) is 0 Å². The van der Waals surface area contributed by atoms with Crippen molar-refractivity contribution < 1.29 is 0 Å². The molecule has 0 saturated heterocycles. The molecule has 18 heavy (non-hydrogen) atoms. The molecule has 0 amide bonds. The lowest BCUT2D eigenvalue weighted by molar-refractivity contribution is 0.692. The van der Waals surface area contributed by atoms with E-state index in [1.807, 2.05) is 13.0 Å². The molecule has 1 aliphatic carbocycles. The van der Waals surface area contributed by atoms with E-state index in [-0.39, 0.29) is 0 Å². The zero-order chi connectivity index (χ0) is 13.0. The number of hydrogen-bond acceptors (Lipinski definition) is 4. The van der Waals surface area contributed by atoms with Gasteiger partial charge in [-0.15, -0.1) is 0 Å². The number of nitrogens with one attached hydrogen (secondary N) is 2. The Kier molecular flexibility index (Phi) is 4.39. The van der Waals surface area contributed by atoms with Crippen molar-refractivity contribution in [3.8, 4) is 0 Å². The Morgan fingerprint density at radius 1 is 1.22 bits per heavy atom. The van der Waals surface area contributed by atoms with E-state index in [1.165, 1.54) is 19.3 Å². The number of hydrogen-bond donors (Lipinski definition) is 2. The molecule has 0 bridgehead atoms. The largest absolute Gasteiger partial charge is 0.370 e. The SMILES string of the molecule is CCCNc1cc(NC2CC2CCC)nc(C)n1. The maximum atomic E-state index is 4.45. The van der Waals surface area contributed by atoms with Gasteiger partial charge in [0.25, 0.3) is 0 Å². The quantitative estimate of drug-likeness (QED) is 0.778. The third kappa shape index (κ3) is 3.59. The van der Waals surface area contributed by atoms with Gasteiger partial charge in [0.1, 0.15) is 17.5 Å². The first-order valence-corrected chi connectivity index (χ1v) is 7.09. The molecular formula is C14H24N4. The zero-order valence-electron chi connectivity index (χ0n) is 11.7. The minimum absolute atomic E-state index is 0.623. The number of anilines is 2. The summed E-state index contributed by atoms with van der Waals surface area (Å²) >= 11 is 0. The van der Waals surface area contributed by atoms with Crippen molar-refractivity contribution >= 4 is 11.6 Å². The fourth-order valence-corrected chi connectivity index (χ4v) is 2.29. The average Bonchev–Trinajstić information content (AvgIpc) is 3.04. The Bertz CT molecular complexity index is 391. The van der Waals surface area contributed by atoms with Crippen molar-refractivity contribution in [1.82, 2.24) is 9.97 Å². The lowest BCUT2D eigenvalue weighted by Gasteiger charge is -2.09. The van der Waals surface area contributed by atoms with Gasteiger partial charge in [0.05, 0.1) is 0 Å². The molecule has 0 aromatic carbocycles. The number of aryl methyl sites for hydroxylation is 1. The molecule has 4 nitrogen and oxygen atoms in total. The molecule has 1 aromatic heterocycles. The molecule has 1 aromatic rings. The standard InChI is InChI=1S/C14H24N4/c1-4-6-11-8-12(11)18-14-9-13(15-7-5-2)16-10(3)17-14/h9,11-12H,4-8H2,1-3H3,(H2,15,16,17,18). The molecule has 2 rings (SSSR count). The molecule has 0 radical (unpaired) electrons. The second-order valence-corrected chi connectivity index (χ2v) is 5.15. The second-order valence-electron chi connectivity index (χ2n) is 5.15. The summed E-state index contributed by atoms with van der Waals surface area (Å²) in [4.78, 5) is 8.85. The van der Waals surface area contributed by atoms with Crippen LogP contribution in [0, 0.1) is 12.8 Å². The Hall–Kier alpha value is -1.32. The van der Waals surface area contributed by atoms with Crippen LogP contribution in [0.3, 0.4) is 0 Å². The van der Waals surface area contributed by atoms with E-state index in [1.54, 1.807) is 0 Å². The summed E-state index contributed by atoms with van der Waals surface area (Å²) in [5, 5.41) is 6.83. The van der Waals surface area contributed by atoms with Gasteiger partial charge in [-0.25, -0.2) is 9.97 Å². The first-order valence-electron chi connectivity index (χ1n) is 7.09. The number of nitrogens with zero attached hydrogens (tertiary/aromatic N) is 2. The van der Waals surface area contributed by atoms with Gasteiger partial charge in [-0.05, 0) is 32.1 Å². The van der Waals surface area contributed by atoms with E-state index in [0.717, 1.165) is 36.3 Å². The molecule has 1 saturated carbocycles. The van der Waals surface area contributed by atoms with Crippen molar-refractivity contribution in [1.29, 1.82) is 0 Å². The maximum Gasteiger partial charge on any atom is 0.132 e. The summed E-state index contributed by atoms with van der Waals surface area (Å²) in [5.41, 5.74) is 0. The summed E-state index contributed by atoms with van der Waals surface area (Å²) in [6.45, 7) is 7.30. The second kappa shape index (κ2) is 6.03. The van der Waals surface area contributed by atoms with Crippen LogP contribution in [0.4, 0.5) is 11.6 Å². The Morgan fingerprint density at radius 2 is 2.00 bits per heavy atom. The maximum absolute atomic E-state index is 4.45. The highest BCUT2D eigenvalue weighted by Gasteiger charge is 2.36. The van der Waals surface area contributed by atoms with E-state index >= 15 is 0 Å². The van der Waals surface area contributed by atoms with Crippen molar-refractivity contribution in [3.05, 3.63) is 11.9 Å². The summed E-state index contributed by atoms with van der Waals surface area (Å²) in [7, 11) is 0. The van der Waals surface area contributed by atoms with Crippen LogP contribution in [-0.4, -0.2) is 22.6 Å². The Morgan fingerprint density at radius 3 is 2.72 bits per heavy atom. The number of aromatic nitrogens is 2. The third-order valence-electron chi connectivity index (χ3n) is 3.31. The Balaban J connectivity index is 1.93. The first kappa shape index (κ1) is 13.1. The summed E-state index contributed by atoms with van der Waals surface area (Å²) in [5.74, 6) is 3.56. The predicted octanol–water partition coefficient (Wildman–Crippen LogP) is 3.21. The molecule has 100 valence electrons. The number of rotatable bonds is 7. The van der Waals surface area contributed by atoms with E-state index in [9.17, 15) is 0 Å². The first-order chi connectivity index (χ1) is 8.72. The monoisotopic (exact) mass is 248 g/mol. The van der Waals surface area contributed by atoms with E-state index in [0.29, 0.717) is 6.04 Å². The van der Waals surface area contributed by atoms with Gasteiger partial charge < -0.3 is 10.6 Å². The van der Waals surface area contributed by atoms with Gasteiger partial charge >= 0.3 is 0 Å². The minimum Gasteiger partial charge on any atom is -0.370 e. The van der Waals surface area contributed by atoms with Gasteiger partial charge in [-0.2, -0.15) is 0 Å². The van der Waals surface area contributed by atoms with Crippen molar-refractivity contribution in [2.45, 2.75) is 52.5 Å². The van der Waals surface area contributed by atoms with Gasteiger partial charge in [0, 0.05) is 18.7 Å². The average molecular weight is 248 g/mol. The molecular weight excluding hydrogens is 224 g/mol. The molecule has 2 N–H and O–H groups in total. The lowest BCUT2D eigenvalue weighted by Crippen LogP contribution is -2.10. The van der Waals surface area contributed by atoms with Gasteiger partial charge in [0.2, 0.25) is 0 Å². The fourth-order valence-electron chi connectivity index (χ4n) is 2.29. The highest BCUT2D eigenvalue weighted by atomic mass is 15.1. The van der Waals surface area contributed by atoms with E-state index in [2.05, 4.69) is 34.4 Å². The topological polar surface area (TPSA) is 49.8 Å². The van der Waals surface area contributed by atoms with Crippen LogP contribution in [0.15, 0.2) is 6.07 Å². The zero-order valence-corrected chi connectivity index (χ0v) is 11.7. The molecule has 1 aliphatic rings. The highest BCUT2D eigenvalue weighted by molar-refractivity contribution is 5.48. The smallest absolute Gasteiger partial charge is 0.132 e. The predicted molar refractivity (Wildman–Crippen MR) is 76.0 cm³/mol. The molecule has 2 unspecified atom stereocenters. The van der Waals surface area contributed by atoms with Crippen LogP contribution >= 0.6 is 0 Å². The normalized spacial score (nSPS) is 21.7. The lowest BCUT2D eigenvalue weighted by atomic mass is 10.2. The van der Waals surface area contributed by atoms with Crippen molar-refractivity contribution in [2.75, 3.05) is 17.2 Å². The fraction of sp³-hybridized carbons (Fsp3) is 0.714. The van der Waals surface area contributed by atoms with Gasteiger partial charge in [-0.3, -0.25) is 0 Å². The van der Waals surface area contributed by atoms with Crippen LogP contribution in [0.1, 0.15) is 45.4 Å². The molecule has 1 fully saturated rings. The third-order valence-corrected chi connectivity index (χ3v) is 3.31. The summed E-state index contributed by atoms with van der Waals surface area (Å²) < 4.78 is 0. The van der Waals surface area contributed by atoms with Crippen LogP contribution in [0.2, 0.25) is 0 Å². The van der Waals surface area contributed by atoms with E-state index < -0.39 is 0 Å².